The summed E-state index contributed by atoms with van der Waals surface area (Å²) in [5.74, 6) is -1.20. The van der Waals surface area contributed by atoms with Crippen LogP contribution in [0.25, 0.3) is 0 Å². The highest BCUT2D eigenvalue weighted by molar-refractivity contribution is 7.92. The quantitative estimate of drug-likeness (QED) is 0.816. The number of sulfonamides is 1. The van der Waals surface area contributed by atoms with Crippen molar-refractivity contribution in [3.05, 3.63) is 67.0 Å². The zero-order valence-corrected chi connectivity index (χ0v) is 13.9. The molecule has 7 heteroatoms. The molecular weight excluding hydrogens is 331 g/mol. The van der Waals surface area contributed by atoms with Gasteiger partial charge in [0.25, 0.3) is 10.0 Å². The van der Waals surface area contributed by atoms with Gasteiger partial charge in [-0.25, -0.2) is 12.8 Å². The molecule has 0 bridgehead atoms. The van der Waals surface area contributed by atoms with Crippen LogP contribution in [0.4, 0.5) is 15.8 Å². The van der Waals surface area contributed by atoms with Gasteiger partial charge in [0.1, 0.15) is 5.82 Å². The van der Waals surface area contributed by atoms with Crippen molar-refractivity contribution in [2.45, 2.75) is 11.8 Å². The van der Waals surface area contributed by atoms with Crippen molar-refractivity contribution < 1.29 is 17.6 Å². The van der Waals surface area contributed by atoms with E-state index in [0.29, 0.717) is 5.69 Å². The number of anilines is 2. The molecule has 24 heavy (non-hydrogen) atoms. The number of carbonyl (C=O) groups is 1. The van der Waals surface area contributed by atoms with E-state index in [9.17, 15) is 17.6 Å². The highest BCUT2D eigenvalue weighted by Crippen LogP contribution is 2.26. The lowest BCUT2D eigenvalue weighted by atomic mass is 10.3. The van der Waals surface area contributed by atoms with E-state index in [1.165, 1.54) is 13.0 Å². The maximum absolute atomic E-state index is 13.8. The Bertz CT molecular complexity index is 851. The molecule has 0 saturated heterocycles. The number of halogens is 1. The molecule has 0 aliphatic heterocycles. The molecule has 1 amide bonds. The lowest BCUT2D eigenvalue weighted by Gasteiger charge is -2.23. The van der Waals surface area contributed by atoms with Crippen LogP contribution in [-0.2, 0) is 14.8 Å². The molecule has 0 atom stereocenters. The van der Waals surface area contributed by atoms with Gasteiger partial charge in [-0.2, -0.15) is 0 Å². The van der Waals surface area contributed by atoms with Crippen molar-refractivity contribution in [3.8, 4) is 0 Å². The maximum Gasteiger partial charge on any atom is 0.264 e. The molecule has 0 aliphatic carbocycles. The monoisotopic (exact) mass is 348 g/mol. The van der Waals surface area contributed by atoms with E-state index >= 15 is 0 Å². The van der Waals surface area contributed by atoms with Crippen LogP contribution in [0.3, 0.4) is 0 Å². The Morgan fingerprint density at radius 2 is 1.92 bits per heavy atom. The third-order valence-electron chi connectivity index (χ3n) is 3.18. The topological polar surface area (TPSA) is 66.5 Å². The number of rotatable bonds is 6. The average Bonchev–Trinajstić information content (AvgIpc) is 2.54. The largest absolute Gasteiger partial charge is 0.324 e. The highest BCUT2D eigenvalue weighted by Gasteiger charge is 2.25. The Morgan fingerprint density at radius 1 is 1.25 bits per heavy atom. The summed E-state index contributed by atoms with van der Waals surface area (Å²) in [6.07, 6.45) is 1.46. The van der Waals surface area contributed by atoms with E-state index in [4.69, 9.17) is 0 Å². The van der Waals surface area contributed by atoms with Crippen LogP contribution in [0.2, 0.25) is 0 Å². The predicted octanol–water partition coefficient (Wildman–Crippen LogP) is 3.17. The van der Waals surface area contributed by atoms with Gasteiger partial charge < -0.3 is 5.32 Å². The van der Waals surface area contributed by atoms with Gasteiger partial charge in [-0.05, 0) is 30.3 Å². The average molecular weight is 348 g/mol. The summed E-state index contributed by atoms with van der Waals surface area (Å²) in [6.45, 7) is 4.85. The number of benzene rings is 2. The Balaban J connectivity index is 2.51. The normalized spacial score (nSPS) is 10.9. The first kappa shape index (κ1) is 17.7. The van der Waals surface area contributed by atoms with Crippen LogP contribution in [0.15, 0.2) is 66.1 Å². The van der Waals surface area contributed by atoms with E-state index in [-0.39, 0.29) is 17.1 Å². The number of amides is 1. The van der Waals surface area contributed by atoms with E-state index in [1.807, 2.05) is 0 Å². The van der Waals surface area contributed by atoms with E-state index in [0.717, 1.165) is 22.5 Å². The lowest BCUT2D eigenvalue weighted by molar-refractivity contribution is -0.114. The number of hydrogen-bond acceptors (Lipinski definition) is 3. The third-order valence-corrected chi connectivity index (χ3v) is 4.97. The molecule has 0 heterocycles. The Labute approximate surface area is 140 Å². The second-order valence-corrected chi connectivity index (χ2v) is 6.85. The first-order valence-electron chi connectivity index (χ1n) is 7.12. The number of hydrogen-bond donors (Lipinski definition) is 1. The van der Waals surface area contributed by atoms with Crippen molar-refractivity contribution >= 4 is 27.3 Å². The second-order valence-electron chi connectivity index (χ2n) is 4.98. The van der Waals surface area contributed by atoms with Crippen LogP contribution in [0.1, 0.15) is 6.92 Å². The Hall–Kier alpha value is -2.67. The summed E-state index contributed by atoms with van der Waals surface area (Å²) in [4.78, 5) is 11.0. The van der Waals surface area contributed by atoms with Gasteiger partial charge in [-0.1, -0.05) is 24.3 Å². The van der Waals surface area contributed by atoms with Crippen molar-refractivity contribution in [1.82, 2.24) is 0 Å². The first-order valence-corrected chi connectivity index (χ1v) is 8.56. The molecule has 0 radical (unpaired) electrons. The summed E-state index contributed by atoms with van der Waals surface area (Å²) in [5.41, 5.74) is 0.276. The molecule has 1 N–H and O–H groups in total. The molecule has 0 saturated carbocycles. The summed E-state index contributed by atoms with van der Waals surface area (Å²) in [6, 6.07) is 11.8. The third kappa shape index (κ3) is 3.80. The molecule has 0 aromatic heterocycles. The molecule has 0 aliphatic rings. The standard InChI is InChI=1S/C17H17FN2O3S/c1-3-11-20(14-7-5-4-6-8-14)24(22,23)15-9-10-16(18)17(12-15)19-13(2)21/h3-10,12H,1,11H2,2H3,(H,19,21). The molecule has 2 rings (SSSR count). The van der Waals surface area contributed by atoms with Crippen molar-refractivity contribution in [1.29, 1.82) is 0 Å². The number of nitrogens with one attached hydrogen (secondary N) is 1. The van der Waals surface area contributed by atoms with Crippen LogP contribution in [0.5, 0.6) is 0 Å². The summed E-state index contributed by atoms with van der Waals surface area (Å²) >= 11 is 0. The SMILES string of the molecule is C=CCN(c1ccccc1)S(=O)(=O)c1ccc(F)c(NC(C)=O)c1. The number of para-hydroxylation sites is 1. The predicted molar refractivity (Wildman–Crippen MR) is 91.9 cm³/mol. The van der Waals surface area contributed by atoms with Gasteiger partial charge in [0.2, 0.25) is 5.91 Å². The molecule has 0 spiro atoms. The van der Waals surface area contributed by atoms with Gasteiger partial charge in [-0.15, -0.1) is 6.58 Å². The van der Waals surface area contributed by atoms with Gasteiger partial charge in [-0.3, -0.25) is 9.10 Å². The molecule has 5 nitrogen and oxygen atoms in total. The molecular formula is C17H17FN2O3S. The minimum atomic E-state index is -3.95. The van der Waals surface area contributed by atoms with Crippen LogP contribution < -0.4 is 9.62 Å². The lowest BCUT2D eigenvalue weighted by Crippen LogP contribution is -2.31. The number of nitrogens with zero attached hydrogens (tertiary/aromatic N) is 1. The zero-order chi connectivity index (χ0) is 17.7. The van der Waals surface area contributed by atoms with Gasteiger partial charge >= 0.3 is 0 Å². The minimum Gasteiger partial charge on any atom is -0.324 e. The molecule has 126 valence electrons. The fourth-order valence-corrected chi connectivity index (χ4v) is 3.59. The van der Waals surface area contributed by atoms with Crippen molar-refractivity contribution in [2.24, 2.45) is 0 Å². The van der Waals surface area contributed by atoms with Gasteiger partial charge in [0.15, 0.2) is 0 Å². The van der Waals surface area contributed by atoms with Crippen molar-refractivity contribution in [2.75, 3.05) is 16.2 Å². The second kappa shape index (κ2) is 7.27. The first-order chi connectivity index (χ1) is 11.4. The van der Waals surface area contributed by atoms with Crippen LogP contribution in [-0.4, -0.2) is 20.9 Å². The molecule has 2 aromatic carbocycles. The molecule has 0 unspecified atom stereocenters. The molecule has 0 fully saturated rings. The van der Waals surface area contributed by atoms with Gasteiger partial charge in [0, 0.05) is 6.92 Å². The van der Waals surface area contributed by atoms with E-state index in [1.54, 1.807) is 30.3 Å². The Kier molecular flexibility index (Phi) is 5.35. The van der Waals surface area contributed by atoms with E-state index < -0.39 is 21.7 Å². The number of carbonyl (C=O) groups excluding carboxylic acids is 1. The maximum atomic E-state index is 13.8. The van der Waals surface area contributed by atoms with Crippen molar-refractivity contribution in [3.63, 3.8) is 0 Å². The fourth-order valence-electron chi connectivity index (χ4n) is 2.13. The highest BCUT2D eigenvalue weighted by atomic mass is 32.2. The zero-order valence-electron chi connectivity index (χ0n) is 13.1. The fraction of sp³-hybridized carbons (Fsp3) is 0.118. The van der Waals surface area contributed by atoms with E-state index in [2.05, 4.69) is 11.9 Å². The van der Waals surface area contributed by atoms with Crippen LogP contribution >= 0.6 is 0 Å². The van der Waals surface area contributed by atoms with Gasteiger partial charge in [0.05, 0.1) is 22.8 Å². The molecule has 2 aromatic rings. The minimum absolute atomic E-state index is 0.0548. The summed E-state index contributed by atoms with van der Waals surface area (Å²) in [7, 11) is -3.95. The van der Waals surface area contributed by atoms with Crippen LogP contribution in [0, 0.1) is 5.82 Å². The smallest absolute Gasteiger partial charge is 0.264 e. The summed E-state index contributed by atoms with van der Waals surface area (Å²) in [5, 5.41) is 2.28. The Morgan fingerprint density at radius 3 is 2.50 bits per heavy atom. The summed E-state index contributed by atoms with van der Waals surface area (Å²) < 4.78 is 40.7.